The van der Waals surface area contributed by atoms with Gasteiger partial charge in [0.15, 0.2) is 17.3 Å². The van der Waals surface area contributed by atoms with Gasteiger partial charge in [-0.3, -0.25) is 4.79 Å². The number of methoxy groups -OCH3 is 2. The zero-order chi connectivity index (χ0) is 13.5. The van der Waals surface area contributed by atoms with Crippen LogP contribution in [0.1, 0.15) is 25.3 Å². The van der Waals surface area contributed by atoms with Crippen molar-refractivity contribution >= 4 is 5.78 Å². The number of Topliss-reactive ketones (excluding diaryl/α,β-unsaturated/α-hetero) is 1. The number of rotatable bonds is 7. The van der Waals surface area contributed by atoms with Crippen molar-refractivity contribution in [2.75, 3.05) is 20.8 Å². The fraction of sp³-hybridized carbons (Fsp3) is 0.500. The van der Waals surface area contributed by atoms with E-state index in [2.05, 4.69) is 0 Å². The molecule has 0 spiro atoms. The lowest BCUT2D eigenvalue weighted by Crippen LogP contribution is -2.11. The Morgan fingerprint density at radius 1 is 1.17 bits per heavy atom. The smallest absolute Gasteiger partial charge is 0.203 e. The second-order valence-corrected chi connectivity index (χ2v) is 4.08. The van der Waals surface area contributed by atoms with E-state index in [-0.39, 0.29) is 12.4 Å². The highest BCUT2D eigenvalue weighted by Gasteiger charge is 2.14. The van der Waals surface area contributed by atoms with E-state index >= 15 is 0 Å². The van der Waals surface area contributed by atoms with E-state index in [4.69, 9.17) is 14.2 Å². The van der Waals surface area contributed by atoms with Crippen molar-refractivity contribution in [3.63, 3.8) is 0 Å². The van der Waals surface area contributed by atoms with Gasteiger partial charge >= 0.3 is 0 Å². The van der Waals surface area contributed by atoms with Gasteiger partial charge in [-0.25, -0.2) is 0 Å². The summed E-state index contributed by atoms with van der Waals surface area (Å²) in [5, 5.41) is 0. The van der Waals surface area contributed by atoms with Gasteiger partial charge in [-0.15, -0.1) is 0 Å². The van der Waals surface area contributed by atoms with E-state index < -0.39 is 0 Å². The summed E-state index contributed by atoms with van der Waals surface area (Å²) in [5.74, 6) is 1.71. The molecule has 0 bridgehead atoms. The minimum absolute atomic E-state index is 0.0453. The quantitative estimate of drug-likeness (QED) is 0.748. The van der Waals surface area contributed by atoms with E-state index in [1.807, 2.05) is 26.0 Å². The Balaban J connectivity index is 2.88. The zero-order valence-corrected chi connectivity index (χ0v) is 11.4. The van der Waals surface area contributed by atoms with E-state index in [0.717, 1.165) is 12.0 Å². The van der Waals surface area contributed by atoms with Crippen molar-refractivity contribution in [3.8, 4) is 17.2 Å². The van der Waals surface area contributed by atoms with Crippen molar-refractivity contribution in [2.45, 2.75) is 26.7 Å². The first-order chi connectivity index (χ1) is 8.62. The number of ketones is 1. The Bertz CT molecular complexity index is 387. The molecule has 100 valence electrons. The maximum atomic E-state index is 11.5. The molecular weight excluding hydrogens is 232 g/mol. The Morgan fingerprint density at radius 3 is 2.17 bits per heavy atom. The molecule has 0 heterocycles. The molecule has 18 heavy (non-hydrogen) atoms. The number of ether oxygens (including phenoxy) is 3. The molecule has 0 atom stereocenters. The Kier molecular flexibility index (Phi) is 5.49. The second kappa shape index (κ2) is 6.89. The van der Waals surface area contributed by atoms with Crippen LogP contribution in [0.25, 0.3) is 0 Å². The third kappa shape index (κ3) is 3.65. The average molecular weight is 252 g/mol. The molecule has 0 unspecified atom stereocenters. The number of carbonyl (C=O) groups excluding carboxylic acids is 1. The SMILES string of the molecule is CCCC(=O)COc1c(OC)cc(C)cc1OC. The maximum absolute atomic E-state index is 11.5. The number of hydrogen-bond acceptors (Lipinski definition) is 4. The van der Waals surface area contributed by atoms with Gasteiger partial charge in [0.2, 0.25) is 5.75 Å². The first-order valence-electron chi connectivity index (χ1n) is 5.99. The molecule has 0 fully saturated rings. The molecule has 0 radical (unpaired) electrons. The molecule has 4 heteroatoms. The van der Waals surface area contributed by atoms with Crippen molar-refractivity contribution in [1.29, 1.82) is 0 Å². The molecule has 0 aromatic heterocycles. The fourth-order valence-corrected chi connectivity index (χ4v) is 1.66. The summed E-state index contributed by atoms with van der Waals surface area (Å²) in [7, 11) is 3.13. The van der Waals surface area contributed by atoms with Crippen LogP contribution in [0.3, 0.4) is 0 Å². The largest absolute Gasteiger partial charge is 0.493 e. The summed E-state index contributed by atoms with van der Waals surface area (Å²) in [4.78, 5) is 11.5. The van der Waals surface area contributed by atoms with Crippen LogP contribution >= 0.6 is 0 Å². The molecular formula is C14H20O4. The molecule has 0 amide bonds. The van der Waals surface area contributed by atoms with Crippen molar-refractivity contribution < 1.29 is 19.0 Å². The fourth-order valence-electron chi connectivity index (χ4n) is 1.66. The van der Waals surface area contributed by atoms with Crippen LogP contribution in [0.4, 0.5) is 0 Å². The van der Waals surface area contributed by atoms with Crippen LogP contribution < -0.4 is 14.2 Å². The van der Waals surface area contributed by atoms with Crippen molar-refractivity contribution in [1.82, 2.24) is 0 Å². The van der Waals surface area contributed by atoms with Crippen molar-refractivity contribution in [3.05, 3.63) is 17.7 Å². The van der Waals surface area contributed by atoms with Gasteiger partial charge in [0.25, 0.3) is 0 Å². The van der Waals surface area contributed by atoms with Crippen LogP contribution in [0.15, 0.2) is 12.1 Å². The number of hydrogen-bond donors (Lipinski definition) is 0. The summed E-state index contributed by atoms with van der Waals surface area (Å²) in [6.07, 6.45) is 1.35. The first kappa shape index (κ1) is 14.4. The van der Waals surface area contributed by atoms with Gasteiger partial charge < -0.3 is 14.2 Å². The lowest BCUT2D eigenvalue weighted by Gasteiger charge is -2.14. The van der Waals surface area contributed by atoms with Gasteiger partial charge in [-0.05, 0) is 31.0 Å². The molecule has 0 aliphatic heterocycles. The standard InChI is InChI=1S/C14H20O4/c1-5-6-11(15)9-18-14-12(16-3)7-10(2)8-13(14)17-4/h7-8H,5-6,9H2,1-4H3. The molecule has 0 saturated carbocycles. The van der Waals surface area contributed by atoms with E-state index in [1.54, 1.807) is 14.2 Å². The monoisotopic (exact) mass is 252 g/mol. The average Bonchev–Trinajstić information content (AvgIpc) is 2.36. The molecule has 1 aromatic rings. The highest BCUT2D eigenvalue weighted by Crippen LogP contribution is 2.38. The summed E-state index contributed by atoms with van der Waals surface area (Å²) in [5.41, 5.74) is 1.01. The highest BCUT2D eigenvalue weighted by atomic mass is 16.5. The summed E-state index contributed by atoms with van der Waals surface area (Å²) < 4.78 is 16.0. The molecule has 1 rings (SSSR count). The third-order valence-corrected chi connectivity index (χ3v) is 2.51. The molecule has 0 aliphatic carbocycles. The molecule has 0 N–H and O–H groups in total. The zero-order valence-electron chi connectivity index (χ0n) is 11.4. The predicted molar refractivity (Wildman–Crippen MR) is 69.7 cm³/mol. The van der Waals surface area contributed by atoms with Crippen LogP contribution in [0.5, 0.6) is 17.2 Å². The predicted octanol–water partition coefficient (Wildman–Crippen LogP) is 2.76. The lowest BCUT2D eigenvalue weighted by molar-refractivity contribution is -0.121. The number of carbonyl (C=O) groups is 1. The van der Waals surface area contributed by atoms with Gasteiger partial charge in [0.1, 0.15) is 6.61 Å². The topological polar surface area (TPSA) is 44.8 Å². The van der Waals surface area contributed by atoms with Crippen LogP contribution in [-0.2, 0) is 4.79 Å². The summed E-state index contributed by atoms with van der Waals surface area (Å²) in [6.45, 7) is 3.95. The Labute approximate surface area is 108 Å². The number of aryl methyl sites for hydroxylation is 1. The normalized spacial score (nSPS) is 10.0. The van der Waals surface area contributed by atoms with E-state index in [1.165, 1.54) is 0 Å². The van der Waals surface area contributed by atoms with Crippen LogP contribution in [0.2, 0.25) is 0 Å². The van der Waals surface area contributed by atoms with Crippen LogP contribution in [-0.4, -0.2) is 26.6 Å². The Morgan fingerprint density at radius 2 is 1.72 bits per heavy atom. The van der Waals surface area contributed by atoms with Crippen LogP contribution in [0, 0.1) is 6.92 Å². The van der Waals surface area contributed by atoms with E-state index in [0.29, 0.717) is 23.7 Å². The minimum atomic E-state index is 0.0453. The molecule has 0 saturated heterocycles. The molecule has 0 aliphatic rings. The summed E-state index contributed by atoms with van der Waals surface area (Å²) >= 11 is 0. The summed E-state index contributed by atoms with van der Waals surface area (Å²) in [6, 6.07) is 3.70. The highest BCUT2D eigenvalue weighted by molar-refractivity contribution is 5.80. The lowest BCUT2D eigenvalue weighted by atomic mass is 10.2. The van der Waals surface area contributed by atoms with Gasteiger partial charge in [-0.2, -0.15) is 0 Å². The van der Waals surface area contributed by atoms with Gasteiger partial charge in [0.05, 0.1) is 14.2 Å². The number of benzene rings is 1. The van der Waals surface area contributed by atoms with Gasteiger partial charge in [-0.1, -0.05) is 6.92 Å². The van der Waals surface area contributed by atoms with Gasteiger partial charge in [0, 0.05) is 6.42 Å². The minimum Gasteiger partial charge on any atom is -0.493 e. The van der Waals surface area contributed by atoms with Crippen molar-refractivity contribution in [2.24, 2.45) is 0 Å². The molecule has 4 nitrogen and oxygen atoms in total. The maximum Gasteiger partial charge on any atom is 0.203 e. The first-order valence-corrected chi connectivity index (χ1v) is 5.99. The second-order valence-electron chi connectivity index (χ2n) is 4.08. The third-order valence-electron chi connectivity index (χ3n) is 2.51. The Hall–Kier alpha value is -1.71. The van der Waals surface area contributed by atoms with E-state index in [9.17, 15) is 4.79 Å². The molecule has 1 aromatic carbocycles.